The summed E-state index contributed by atoms with van der Waals surface area (Å²) in [5.41, 5.74) is 0. The van der Waals surface area contributed by atoms with Gasteiger partial charge in [0.05, 0.1) is 5.75 Å². The molecular weight excluding hydrogens is 170 g/mol. The minimum Gasteiger partial charge on any atom is -0.396 e. The summed E-state index contributed by atoms with van der Waals surface area (Å²) in [5, 5.41) is 11.9. The summed E-state index contributed by atoms with van der Waals surface area (Å²) >= 11 is 1.75. The van der Waals surface area contributed by atoms with Gasteiger partial charge in [0.25, 0.3) is 0 Å². The summed E-state index contributed by atoms with van der Waals surface area (Å²) in [6, 6.07) is 0. The summed E-state index contributed by atoms with van der Waals surface area (Å²) in [6.45, 7) is 4.12. The Bertz CT molecular complexity index is 133. The molecule has 0 amide bonds. The molecule has 70 valence electrons. The summed E-state index contributed by atoms with van der Waals surface area (Å²) in [4.78, 5) is 0. The number of aliphatic hydroxyl groups is 1. The molecule has 0 aromatic rings. The lowest BCUT2D eigenvalue weighted by Gasteiger charge is -2.08. The van der Waals surface area contributed by atoms with Crippen LogP contribution in [0, 0.1) is 18.3 Å². The second kappa shape index (κ2) is 8.92. The van der Waals surface area contributed by atoms with Crippen molar-refractivity contribution < 1.29 is 5.11 Å². The Hall–Kier alpha value is -0.170. The monoisotopic (exact) mass is 187 g/mol. The first kappa shape index (κ1) is 11.8. The van der Waals surface area contributed by atoms with Crippen LogP contribution in [0.3, 0.4) is 0 Å². The number of hydrogen-bond donors (Lipinski definition) is 2. The highest BCUT2D eigenvalue weighted by atomic mass is 32.2. The molecule has 2 nitrogen and oxygen atoms in total. The van der Waals surface area contributed by atoms with Gasteiger partial charge in [0, 0.05) is 18.9 Å². The molecule has 0 saturated heterocycles. The SMILES string of the molecule is C#CCSCCNCC(C)CO. The maximum absolute atomic E-state index is 8.70. The third-order valence-electron chi connectivity index (χ3n) is 1.41. The van der Waals surface area contributed by atoms with Crippen LogP contribution in [0.5, 0.6) is 0 Å². The van der Waals surface area contributed by atoms with Gasteiger partial charge in [0.2, 0.25) is 0 Å². The van der Waals surface area contributed by atoms with E-state index in [1.165, 1.54) is 0 Å². The van der Waals surface area contributed by atoms with Crippen LogP contribution in [0.25, 0.3) is 0 Å². The first-order chi connectivity index (χ1) is 5.81. The fourth-order valence-corrected chi connectivity index (χ4v) is 1.24. The average molecular weight is 187 g/mol. The minimum absolute atomic E-state index is 0.254. The van der Waals surface area contributed by atoms with Gasteiger partial charge in [-0.2, -0.15) is 0 Å². The van der Waals surface area contributed by atoms with E-state index in [2.05, 4.69) is 11.2 Å². The molecule has 0 radical (unpaired) electrons. The number of thioether (sulfide) groups is 1. The van der Waals surface area contributed by atoms with Crippen LogP contribution < -0.4 is 5.32 Å². The lowest BCUT2D eigenvalue weighted by molar-refractivity contribution is 0.234. The molecule has 0 spiro atoms. The van der Waals surface area contributed by atoms with E-state index in [9.17, 15) is 0 Å². The second-order valence-electron chi connectivity index (χ2n) is 2.75. The van der Waals surface area contributed by atoms with E-state index in [0.717, 1.165) is 24.6 Å². The van der Waals surface area contributed by atoms with Crippen molar-refractivity contribution in [1.82, 2.24) is 5.32 Å². The quantitative estimate of drug-likeness (QED) is 0.451. The van der Waals surface area contributed by atoms with E-state index in [1.54, 1.807) is 11.8 Å². The molecule has 0 aromatic heterocycles. The minimum atomic E-state index is 0.254. The van der Waals surface area contributed by atoms with Crippen molar-refractivity contribution in [2.45, 2.75) is 6.92 Å². The molecule has 0 fully saturated rings. The Morgan fingerprint density at radius 2 is 2.42 bits per heavy atom. The van der Waals surface area contributed by atoms with Crippen LogP contribution in [-0.4, -0.2) is 36.3 Å². The molecule has 0 heterocycles. The molecule has 0 aliphatic rings. The van der Waals surface area contributed by atoms with Gasteiger partial charge in [-0.15, -0.1) is 18.2 Å². The van der Waals surface area contributed by atoms with E-state index in [4.69, 9.17) is 11.5 Å². The summed E-state index contributed by atoms with van der Waals surface area (Å²) < 4.78 is 0. The maximum atomic E-state index is 8.70. The zero-order valence-corrected chi connectivity index (χ0v) is 8.36. The van der Waals surface area contributed by atoms with Crippen LogP contribution in [-0.2, 0) is 0 Å². The Morgan fingerprint density at radius 1 is 1.67 bits per heavy atom. The lowest BCUT2D eigenvalue weighted by atomic mass is 10.2. The van der Waals surface area contributed by atoms with Crippen molar-refractivity contribution in [1.29, 1.82) is 0 Å². The smallest absolute Gasteiger partial charge is 0.0545 e. The maximum Gasteiger partial charge on any atom is 0.0545 e. The number of rotatable bonds is 7. The van der Waals surface area contributed by atoms with Gasteiger partial charge in [-0.25, -0.2) is 0 Å². The van der Waals surface area contributed by atoms with Crippen molar-refractivity contribution in [2.24, 2.45) is 5.92 Å². The predicted octanol–water partition coefficient (Wildman–Crippen LogP) is 0.571. The van der Waals surface area contributed by atoms with E-state index in [1.807, 2.05) is 6.92 Å². The number of nitrogens with one attached hydrogen (secondary N) is 1. The zero-order chi connectivity index (χ0) is 9.23. The Labute approximate surface area is 79.1 Å². The number of hydrogen-bond acceptors (Lipinski definition) is 3. The van der Waals surface area contributed by atoms with Crippen LogP contribution in [0.4, 0.5) is 0 Å². The highest BCUT2D eigenvalue weighted by molar-refractivity contribution is 7.99. The normalized spacial score (nSPS) is 12.4. The van der Waals surface area contributed by atoms with Gasteiger partial charge in [0.15, 0.2) is 0 Å². The molecule has 0 saturated carbocycles. The van der Waals surface area contributed by atoms with Crippen molar-refractivity contribution in [3.63, 3.8) is 0 Å². The van der Waals surface area contributed by atoms with Crippen molar-refractivity contribution in [3.05, 3.63) is 0 Å². The van der Waals surface area contributed by atoms with E-state index >= 15 is 0 Å². The predicted molar refractivity (Wildman–Crippen MR) is 55.3 cm³/mol. The molecule has 3 heteroatoms. The van der Waals surface area contributed by atoms with Crippen molar-refractivity contribution >= 4 is 11.8 Å². The Morgan fingerprint density at radius 3 is 3.00 bits per heavy atom. The van der Waals surface area contributed by atoms with Crippen LogP contribution in [0.15, 0.2) is 0 Å². The van der Waals surface area contributed by atoms with Gasteiger partial charge in [-0.3, -0.25) is 0 Å². The molecule has 1 atom stereocenters. The van der Waals surface area contributed by atoms with Gasteiger partial charge >= 0.3 is 0 Å². The van der Waals surface area contributed by atoms with E-state index in [-0.39, 0.29) is 6.61 Å². The summed E-state index contributed by atoms with van der Waals surface area (Å²) in [6.07, 6.45) is 5.09. The summed E-state index contributed by atoms with van der Waals surface area (Å²) in [7, 11) is 0. The largest absolute Gasteiger partial charge is 0.396 e. The lowest BCUT2D eigenvalue weighted by Crippen LogP contribution is -2.25. The fraction of sp³-hybridized carbons (Fsp3) is 0.778. The zero-order valence-electron chi connectivity index (χ0n) is 7.55. The highest BCUT2D eigenvalue weighted by Crippen LogP contribution is 1.95. The first-order valence-electron chi connectivity index (χ1n) is 4.14. The molecule has 0 rings (SSSR count). The van der Waals surface area contributed by atoms with Gasteiger partial charge in [-0.05, 0) is 12.5 Å². The molecule has 0 bridgehead atoms. The van der Waals surface area contributed by atoms with Gasteiger partial charge in [0.1, 0.15) is 0 Å². The average Bonchev–Trinajstić information content (AvgIpc) is 2.10. The standard InChI is InChI=1S/C9H17NOS/c1-3-5-12-6-4-10-7-9(2)8-11/h1,9-11H,4-8H2,2H3. The molecule has 0 aliphatic heterocycles. The van der Waals surface area contributed by atoms with Crippen LogP contribution in [0.1, 0.15) is 6.92 Å². The Balaban J connectivity index is 2.96. The van der Waals surface area contributed by atoms with E-state index in [0.29, 0.717) is 5.92 Å². The van der Waals surface area contributed by atoms with Gasteiger partial charge in [-0.1, -0.05) is 12.8 Å². The number of aliphatic hydroxyl groups excluding tert-OH is 1. The third kappa shape index (κ3) is 7.93. The second-order valence-corrected chi connectivity index (χ2v) is 3.85. The Kier molecular flexibility index (Phi) is 8.80. The molecule has 1 unspecified atom stereocenters. The molecule has 2 N–H and O–H groups in total. The van der Waals surface area contributed by atoms with Crippen molar-refractivity contribution in [2.75, 3.05) is 31.2 Å². The first-order valence-corrected chi connectivity index (χ1v) is 5.29. The highest BCUT2D eigenvalue weighted by Gasteiger charge is 1.97. The topological polar surface area (TPSA) is 32.3 Å². The third-order valence-corrected chi connectivity index (χ3v) is 2.28. The van der Waals surface area contributed by atoms with Crippen LogP contribution >= 0.6 is 11.8 Å². The van der Waals surface area contributed by atoms with Crippen LogP contribution in [0.2, 0.25) is 0 Å². The van der Waals surface area contributed by atoms with Gasteiger partial charge < -0.3 is 10.4 Å². The van der Waals surface area contributed by atoms with E-state index < -0.39 is 0 Å². The molecule has 0 aliphatic carbocycles. The molecule has 0 aromatic carbocycles. The molecular formula is C9H17NOS. The fourth-order valence-electron chi connectivity index (χ4n) is 0.688. The van der Waals surface area contributed by atoms with Crippen molar-refractivity contribution in [3.8, 4) is 12.3 Å². The summed E-state index contributed by atoms with van der Waals surface area (Å²) in [5.74, 6) is 4.76. The number of terminal acetylenes is 1. The molecule has 12 heavy (non-hydrogen) atoms.